The minimum absolute atomic E-state index is 0.0128. The average Bonchev–Trinajstić information content (AvgIpc) is 3.26. The van der Waals surface area contributed by atoms with Gasteiger partial charge in [0.25, 0.3) is 21.8 Å². The van der Waals surface area contributed by atoms with Gasteiger partial charge in [-0.15, -0.1) is 0 Å². The average molecular weight is 411 g/mol. The van der Waals surface area contributed by atoms with Crippen LogP contribution in [0.25, 0.3) is 5.69 Å². The molecule has 0 saturated carbocycles. The van der Waals surface area contributed by atoms with Crippen molar-refractivity contribution in [2.45, 2.75) is 4.90 Å². The van der Waals surface area contributed by atoms with E-state index in [1.165, 1.54) is 35.3 Å². The maximum absolute atomic E-state index is 12.5. The third-order valence-electron chi connectivity index (χ3n) is 4.42. The zero-order valence-electron chi connectivity index (χ0n) is 14.3. The van der Waals surface area contributed by atoms with Crippen LogP contribution in [0.1, 0.15) is 31.1 Å². The van der Waals surface area contributed by atoms with E-state index in [2.05, 4.69) is 14.8 Å². The molecule has 0 aliphatic carbocycles. The van der Waals surface area contributed by atoms with E-state index >= 15 is 0 Å². The molecule has 0 fully saturated rings. The van der Waals surface area contributed by atoms with Gasteiger partial charge in [-0.2, -0.15) is 14.8 Å². The molecule has 144 valence electrons. The molecule has 29 heavy (non-hydrogen) atoms. The van der Waals surface area contributed by atoms with E-state index in [-0.39, 0.29) is 33.2 Å². The Morgan fingerprint density at radius 2 is 1.72 bits per heavy atom. The Bertz CT molecular complexity index is 1310. The molecule has 12 heteroatoms. The zero-order chi connectivity index (χ0) is 20.3. The molecule has 3 heterocycles. The van der Waals surface area contributed by atoms with Crippen LogP contribution in [0.2, 0.25) is 0 Å². The second kappa shape index (κ2) is 5.72. The van der Waals surface area contributed by atoms with Crippen molar-refractivity contribution in [1.82, 2.24) is 19.8 Å². The highest BCUT2D eigenvalue weighted by Gasteiger charge is 2.39. The van der Waals surface area contributed by atoms with E-state index in [1.807, 2.05) is 0 Å². The van der Waals surface area contributed by atoms with Gasteiger partial charge < -0.3 is 4.84 Å². The van der Waals surface area contributed by atoms with Crippen LogP contribution < -0.4 is 4.72 Å². The molecule has 11 nitrogen and oxygen atoms in total. The number of amides is 2. The van der Waals surface area contributed by atoms with Crippen molar-refractivity contribution in [2.24, 2.45) is 0 Å². The number of hydrogen-bond donors (Lipinski definition) is 1. The number of nitrogens with one attached hydrogen (secondary N) is 1. The van der Waals surface area contributed by atoms with Gasteiger partial charge in [0.15, 0.2) is 0 Å². The molecule has 0 spiro atoms. The van der Waals surface area contributed by atoms with Crippen molar-refractivity contribution < 1.29 is 27.6 Å². The smallest absolute Gasteiger partial charge is 0.324 e. The van der Waals surface area contributed by atoms with Gasteiger partial charge in [-0.1, -0.05) is 17.2 Å². The lowest BCUT2D eigenvalue weighted by atomic mass is 10.1. The third-order valence-corrected chi connectivity index (χ3v) is 5.77. The largest absolute Gasteiger partial charge is 0.363 e. The molecule has 0 radical (unpaired) electrons. The molecule has 0 bridgehead atoms. The molecule has 2 aromatic carbocycles. The number of imide groups is 1. The number of aromatic nitrogens is 3. The van der Waals surface area contributed by atoms with E-state index in [1.54, 1.807) is 12.1 Å². The molecule has 1 aromatic heterocycles. The van der Waals surface area contributed by atoms with Crippen LogP contribution in [-0.2, 0) is 14.9 Å². The van der Waals surface area contributed by atoms with Crippen LogP contribution in [0.4, 0.5) is 5.95 Å². The molecule has 3 aromatic rings. The summed E-state index contributed by atoms with van der Waals surface area (Å²) in [6, 6.07) is 9.76. The number of nitrogens with zero attached hydrogens (tertiary/aromatic N) is 4. The number of fused-ring (bicyclic) bond motifs is 4. The summed E-state index contributed by atoms with van der Waals surface area (Å²) in [6.45, 7) is 0. The molecule has 0 saturated heterocycles. The number of anilines is 1. The van der Waals surface area contributed by atoms with Crippen molar-refractivity contribution in [1.29, 1.82) is 0 Å². The highest BCUT2D eigenvalue weighted by atomic mass is 32.2. The van der Waals surface area contributed by atoms with Crippen molar-refractivity contribution in [3.63, 3.8) is 0 Å². The number of hydrogen-bond acceptors (Lipinski definition) is 8. The summed E-state index contributed by atoms with van der Waals surface area (Å²) in [6.07, 6.45) is 1.18. The minimum Gasteiger partial charge on any atom is -0.324 e. The van der Waals surface area contributed by atoms with Gasteiger partial charge >= 0.3 is 5.97 Å². The molecule has 2 amide bonds. The normalized spacial score (nSPS) is 15.9. The van der Waals surface area contributed by atoms with Crippen molar-refractivity contribution in [3.8, 4) is 5.69 Å². The lowest BCUT2D eigenvalue weighted by molar-refractivity contribution is -0.0584. The molecule has 2 aliphatic rings. The Labute approximate surface area is 162 Å². The first-order chi connectivity index (χ1) is 13.9. The highest BCUT2D eigenvalue weighted by molar-refractivity contribution is 7.93. The standard InChI is InChI=1S/C17H9N5O6S/c23-14-10-3-1-2-4-11(10)15(24)22(14)28-16(25)9-5-6-12-13(7-9)29(26,27)20-17-18-8-19-21(12)17/h1-8H,(H,18,19,20). The van der Waals surface area contributed by atoms with Gasteiger partial charge in [-0.05, 0) is 30.3 Å². The molecular weight excluding hydrogens is 402 g/mol. The van der Waals surface area contributed by atoms with Gasteiger partial charge in [0, 0.05) is 0 Å². The number of hydroxylamine groups is 2. The summed E-state index contributed by atoms with van der Waals surface area (Å²) >= 11 is 0. The predicted octanol–water partition coefficient (Wildman–Crippen LogP) is 0.750. The predicted molar refractivity (Wildman–Crippen MR) is 94.5 cm³/mol. The first-order valence-electron chi connectivity index (χ1n) is 8.14. The van der Waals surface area contributed by atoms with Crippen LogP contribution in [0.5, 0.6) is 0 Å². The number of sulfonamides is 1. The Hall–Kier alpha value is -4.06. The molecule has 0 unspecified atom stereocenters. The van der Waals surface area contributed by atoms with Crippen molar-refractivity contribution in [2.75, 3.05) is 4.72 Å². The van der Waals surface area contributed by atoms with Crippen LogP contribution in [-0.4, -0.2) is 46.0 Å². The summed E-state index contributed by atoms with van der Waals surface area (Å²) < 4.78 is 28.4. The first kappa shape index (κ1) is 17.1. The van der Waals surface area contributed by atoms with Crippen LogP contribution in [0.15, 0.2) is 53.7 Å². The fourth-order valence-electron chi connectivity index (χ4n) is 3.08. The van der Waals surface area contributed by atoms with E-state index < -0.39 is 27.8 Å². The fraction of sp³-hybridized carbons (Fsp3) is 0. The maximum Gasteiger partial charge on any atom is 0.363 e. The third kappa shape index (κ3) is 2.42. The second-order valence-electron chi connectivity index (χ2n) is 6.11. The van der Waals surface area contributed by atoms with Crippen LogP contribution in [0, 0.1) is 0 Å². The minimum atomic E-state index is -4.00. The summed E-state index contributed by atoms with van der Waals surface area (Å²) in [4.78, 5) is 45.7. The number of benzene rings is 2. The highest BCUT2D eigenvalue weighted by Crippen LogP contribution is 2.30. The SMILES string of the molecule is O=C(ON1C(=O)c2ccccc2C1=O)c1ccc2c(c1)S(=O)(=O)Nc1ncnn1-2. The fourth-order valence-corrected chi connectivity index (χ4v) is 4.28. The Balaban J connectivity index is 1.49. The Morgan fingerprint density at radius 3 is 2.41 bits per heavy atom. The van der Waals surface area contributed by atoms with Crippen molar-refractivity contribution in [3.05, 3.63) is 65.5 Å². The monoisotopic (exact) mass is 411 g/mol. The van der Waals surface area contributed by atoms with Gasteiger partial charge in [0.05, 0.1) is 22.4 Å². The van der Waals surface area contributed by atoms with Crippen LogP contribution in [0.3, 0.4) is 0 Å². The lowest BCUT2D eigenvalue weighted by Gasteiger charge is -2.19. The molecule has 0 atom stereocenters. The van der Waals surface area contributed by atoms with E-state index in [0.29, 0.717) is 5.06 Å². The second-order valence-corrected chi connectivity index (χ2v) is 7.76. The molecule has 1 N–H and O–H groups in total. The zero-order valence-corrected chi connectivity index (χ0v) is 15.1. The quantitative estimate of drug-likeness (QED) is 0.609. The summed E-state index contributed by atoms with van der Waals surface area (Å²) in [7, 11) is -4.00. The first-order valence-corrected chi connectivity index (χ1v) is 9.62. The summed E-state index contributed by atoms with van der Waals surface area (Å²) in [5.41, 5.74) is 0.241. The topological polar surface area (TPSA) is 141 Å². The molecular formula is C17H9N5O6S. The van der Waals surface area contributed by atoms with Gasteiger partial charge in [-0.3, -0.25) is 9.59 Å². The van der Waals surface area contributed by atoms with Gasteiger partial charge in [0.2, 0.25) is 5.95 Å². The van der Waals surface area contributed by atoms with Crippen LogP contribution >= 0.6 is 0 Å². The lowest BCUT2D eigenvalue weighted by Crippen LogP contribution is -2.33. The maximum atomic E-state index is 12.5. The Morgan fingerprint density at radius 1 is 1.03 bits per heavy atom. The number of carbonyl (C=O) groups is 3. The van der Waals surface area contributed by atoms with Crippen molar-refractivity contribution >= 4 is 33.8 Å². The van der Waals surface area contributed by atoms with E-state index in [4.69, 9.17) is 4.84 Å². The van der Waals surface area contributed by atoms with E-state index in [0.717, 1.165) is 6.07 Å². The number of carbonyl (C=O) groups excluding carboxylic acids is 3. The Kier molecular flexibility index (Phi) is 3.36. The van der Waals surface area contributed by atoms with Gasteiger partial charge in [0.1, 0.15) is 11.2 Å². The summed E-state index contributed by atoms with van der Waals surface area (Å²) in [5.74, 6) is -2.61. The number of rotatable bonds is 2. The molecule has 2 aliphatic heterocycles. The van der Waals surface area contributed by atoms with Gasteiger partial charge in [-0.25, -0.2) is 17.9 Å². The van der Waals surface area contributed by atoms with E-state index in [9.17, 15) is 22.8 Å². The summed E-state index contributed by atoms with van der Waals surface area (Å²) in [5, 5.41) is 4.28. The molecule has 5 rings (SSSR count).